The number of halogens is 1. The minimum absolute atomic E-state index is 0.0170. The minimum Gasteiger partial charge on any atom is -0.508 e. The molecule has 3 aromatic carbocycles. The summed E-state index contributed by atoms with van der Waals surface area (Å²) < 4.78 is 18.8. The van der Waals surface area contributed by atoms with Crippen LogP contribution >= 0.6 is 0 Å². The highest BCUT2D eigenvalue weighted by molar-refractivity contribution is 5.86. The highest BCUT2D eigenvalue weighted by atomic mass is 19.1. The average molecular weight is 477 g/mol. The van der Waals surface area contributed by atoms with E-state index in [1.165, 1.54) is 18.2 Å². The number of phenolic OH excluding ortho intramolecular Hbond substituents is 1. The molecule has 0 saturated heterocycles. The van der Waals surface area contributed by atoms with Crippen LogP contribution in [0.15, 0.2) is 76.0 Å². The van der Waals surface area contributed by atoms with Crippen LogP contribution in [0.2, 0.25) is 0 Å². The summed E-state index contributed by atoms with van der Waals surface area (Å²) in [6, 6.07) is 18.8. The van der Waals surface area contributed by atoms with Gasteiger partial charge in [-0.2, -0.15) is 0 Å². The quantitative estimate of drug-likeness (QED) is 0.328. The van der Waals surface area contributed by atoms with Gasteiger partial charge in [0, 0.05) is 29.6 Å². The number of hydrogen-bond acceptors (Lipinski definition) is 6. The summed E-state index contributed by atoms with van der Waals surface area (Å²) in [5.74, 6) is -0.466. The van der Waals surface area contributed by atoms with Crippen molar-refractivity contribution in [3.05, 3.63) is 99.8 Å². The van der Waals surface area contributed by atoms with Crippen LogP contribution in [-0.2, 0) is 11.8 Å². The predicted octanol–water partition coefficient (Wildman–Crippen LogP) is 5.09. The molecule has 0 spiro atoms. The van der Waals surface area contributed by atoms with Crippen LogP contribution in [0.5, 0.6) is 5.75 Å². The van der Waals surface area contributed by atoms with Crippen molar-refractivity contribution in [2.75, 3.05) is 11.9 Å². The molecular weight excluding hydrogens is 447 g/mol. The third kappa shape index (κ3) is 5.52. The number of nitrogens with zero attached hydrogens (tertiary/aromatic N) is 1. The number of hydrogen-bond donors (Lipinski definition) is 3. The van der Waals surface area contributed by atoms with E-state index in [1.807, 2.05) is 50.2 Å². The monoisotopic (exact) mass is 476 g/mol. The molecule has 182 valence electrons. The number of aliphatic hydroxyl groups is 1. The van der Waals surface area contributed by atoms with E-state index in [4.69, 9.17) is 4.52 Å². The summed E-state index contributed by atoms with van der Waals surface area (Å²) >= 11 is 0. The van der Waals surface area contributed by atoms with Crippen molar-refractivity contribution in [1.29, 1.82) is 0 Å². The number of benzene rings is 3. The van der Waals surface area contributed by atoms with Crippen molar-refractivity contribution in [1.82, 2.24) is 5.16 Å². The van der Waals surface area contributed by atoms with E-state index in [2.05, 4.69) is 10.5 Å². The number of aromatic nitrogens is 1. The largest absolute Gasteiger partial charge is 0.508 e. The smallest absolute Gasteiger partial charge is 0.366 e. The van der Waals surface area contributed by atoms with Gasteiger partial charge >= 0.3 is 5.63 Å². The summed E-state index contributed by atoms with van der Waals surface area (Å²) in [5, 5.41) is 30.4. The van der Waals surface area contributed by atoms with Crippen molar-refractivity contribution >= 4 is 16.5 Å². The second-order valence-electron chi connectivity index (χ2n) is 9.78. The average Bonchev–Trinajstić information content (AvgIpc) is 2.82. The Morgan fingerprint density at radius 2 is 1.77 bits per heavy atom. The lowest BCUT2D eigenvalue weighted by Gasteiger charge is -2.37. The molecule has 0 amide bonds. The standard InChI is InChI=1S/C28H29FN2O4/c1-18-22-11-10-21(14-23(22)26(33)35-31-18)30-17-28(34,15-19-7-5-4-6-8-19)16-27(2,3)24-13-20(29)9-12-25(24)32/h4-14,30,32,34H,15-17H2,1-3H3. The first-order chi connectivity index (χ1) is 16.6. The van der Waals surface area contributed by atoms with Crippen LogP contribution in [-0.4, -0.2) is 27.5 Å². The second-order valence-corrected chi connectivity index (χ2v) is 9.78. The van der Waals surface area contributed by atoms with Gasteiger partial charge in [-0.3, -0.25) is 0 Å². The molecule has 7 heteroatoms. The third-order valence-corrected chi connectivity index (χ3v) is 6.35. The normalized spacial score (nSPS) is 13.5. The molecule has 0 aliphatic carbocycles. The lowest BCUT2D eigenvalue weighted by atomic mass is 9.73. The number of fused-ring (bicyclic) bond motifs is 1. The van der Waals surface area contributed by atoms with Gasteiger partial charge in [0.05, 0.1) is 16.7 Å². The number of anilines is 1. The lowest BCUT2D eigenvalue weighted by molar-refractivity contribution is 0.0254. The summed E-state index contributed by atoms with van der Waals surface area (Å²) in [6.45, 7) is 5.66. The predicted molar refractivity (Wildman–Crippen MR) is 134 cm³/mol. The van der Waals surface area contributed by atoms with E-state index < -0.39 is 22.5 Å². The highest BCUT2D eigenvalue weighted by Gasteiger charge is 2.37. The SMILES string of the molecule is Cc1noc(=O)c2cc(NCC(O)(Cc3ccccc3)CC(C)(C)c3cc(F)ccc3O)ccc12. The molecule has 3 N–H and O–H groups in total. The van der Waals surface area contributed by atoms with Gasteiger partial charge in [0.2, 0.25) is 0 Å². The first-order valence-electron chi connectivity index (χ1n) is 11.5. The van der Waals surface area contributed by atoms with Crippen molar-refractivity contribution in [2.24, 2.45) is 0 Å². The van der Waals surface area contributed by atoms with Gasteiger partial charge in [-0.1, -0.05) is 55.4 Å². The van der Waals surface area contributed by atoms with E-state index in [0.717, 1.165) is 5.56 Å². The molecule has 35 heavy (non-hydrogen) atoms. The molecule has 0 radical (unpaired) electrons. The number of nitrogens with one attached hydrogen (secondary N) is 1. The van der Waals surface area contributed by atoms with E-state index in [1.54, 1.807) is 19.1 Å². The Morgan fingerprint density at radius 1 is 1.03 bits per heavy atom. The molecule has 1 heterocycles. The van der Waals surface area contributed by atoms with Crippen LogP contribution in [0, 0.1) is 12.7 Å². The Balaban J connectivity index is 1.65. The number of aromatic hydroxyl groups is 1. The first kappa shape index (κ1) is 24.4. The van der Waals surface area contributed by atoms with Gasteiger partial charge in [0.1, 0.15) is 11.6 Å². The zero-order valence-electron chi connectivity index (χ0n) is 20.0. The Morgan fingerprint density at radius 3 is 2.51 bits per heavy atom. The number of rotatable bonds is 8. The van der Waals surface area contributed by atoms with E-state index in [0.29, 0.717) is 34.1 Å². The molecule has 1 atom stereocenters. The Bertz CT molecular complexity index is 1400. The first-order valence-corrected chi connectivity index (χ1v) is 11.5. The molecule has 1 unspecified atom stereocenters. The van der Waals surface area contributed by atoms with Crippen molar-refractivity contribution in [3.63, 3.8) is 0 Å². The maximum absolute atomic E-state index is 14.0. The summed E-state index contributed by atoms with van der Waals surface area (Å²) in [5.41, 5.74) is 0.0857. The molecule has 0 aliphatic heterocycles. The van der Waals surface area contributed by atoms with Crippen LogP contribution in [0.25, 0.3) is 10.8 Å². The van der Waals surface area contributed by atoms with E-state index >= 15 is 0 Å². The minimum atomic E-state index is -1.27. The van der Waals surface area contributed by atoms with Gasteiger partial charge in [0.25, 0.3) is 0 Å². The van der Waals surface area contributed by atoms with Crippen molar-refractivity contribution in [3.8, 4) is 5.75 Å². The molecule has 4 rings (SSSR count). The van der Waals surface area contributed by atoms with Crippen LogP contribution in [0.1, 0.15) is 37.1 Å². The summed E-state index contributed by atoms with van der Waals surface area (Å²) in [6.07, 6.45) is 0.566. The molecular formula is C28H29FN2O4. The summed E-state index contributed by atoms with van der Waals surface area (Å²) in [4.78, 5) is 12.2. The molecule has 6 nitrogen and oxygen atoms in total. The summed E-state index contributed by atoms with van der Waals surface area (Å²) in [7, 11) is 0. The fraction of sp³-hybridized carbons (Fsp3) is 0.286. The van der Waals surface area contributed by atoms with Gasteiger partial charge in [-0.15, -0.1) is 0 Å². The molecule has 1 aromatic heterocycles. The third-order valence-electron chi connectivity index (χ3n) is 6.35. The molecule has 0 bridgehead atoms. The van der Waals surface area contributed by atoms with Gasteiger partial charge in [-0.25, -0.2) is 9.18 Å². The van der Waals surface area contributed by atoms with Gasteiger partial charge in [-0.05, 0) is 54.7 Å². The van der Waals surface area contributed by atoms with Gasteiger partial charge < -0.3 is 20.1 Å². The topological polar surface area (TPSA) is 95.6 Å². The zero-order valence-corrected chi connectivity index (χ0v) is 20.0. The second kappa shape index (κ2) is 9.50. The highest BCUT2D eigenvalue weighted by Crippen LogP contribution is 2.39. The zero-order chi connectivity index (χ0) is 25.2. The van der Waals surface area contributed by atoms with Crippen LogP contribution in [0.4, 0.5) is 10.1 Å². The van der Waals surface area contributed by atoms with E-state index in [9.17, 15) is 19.4 Å². The molecule has 4 aromatic rings. The van der Waals surface area contributed by atoms with Crippen molar-refractivity contribution in [2.45, 2.75) is 44.6 Å². The maximum Gasteiger partial charge on any atom is 0.366 e. The Kier molecular flexibility index (Phi) is 6.63. The molecule has 0 aliphatic rings. The van der Waals surface area contributed by atoms with E-state index in [-0.39, 0.29) is 18.7 Å². The Labute approximate surface area is 203 Å². The Hall–Kier alpha value is -3.71. The van der Waals surface area contributed by atoms with Crippen LogP contribution in [0.3, 0.4) is 0 Å². The molecule has 0 fully saturated rings. The molecule has 0 saturated carbocycles. The maximum atomic E-state index is 14.0. The van der Waals surface area contributed by atoms with Crippen molar-refractivity contribution < 1.29 is 19.1 Å². The fourth-order valence-electron chi connectivity index (χ4n) is 4.74. The lowest BCUT2D eigenvalue weighted by Crippen LogP contribution is -2.44. The van der Waals surface area contributed by atoms with Crippen LogP contribution < -0.4 is 10.9 Å². The number of phenols is 1. The number of aryl methyl sites for hydroxylation is 1. The fourth-order valence-corrected chi connectivity index (χ4v) is 4.74. The van der Waals surface area contributed by atoms with Gasteiger partial charge in [0.15, 0.2) is 0 Å².